The van der Waals surface area contributed by atoms with E-state index >= 15 is 0 Å². The lowest BCUT2D eigenvalue weighted by Crippen LogP contribution is -2.33. The van der Waals surface area contributed by atoms with Crippen molar-refractivity contribution in [3.05, 3.63) is 70.6 Å². The molecule has 2 aromatic rings. The van der Waals surface area contributed by atoms with Gasteiger partial charge in [0.1, 0.15) is 18.9 Å². The van der Waals surface area contributed by atoms with Crippen LogP contribution >= 0.6 is 11.8 Å². The van der Waals surface area contributed by atoms with Crippen molar-refractivity contribution in [2.45, 2.75) is 6.61 Å². The highest BCUT2D eigenvalue weighted by Crippen LogP contribution is 2.32. The topological polar surface area (TPSA) is 83.9 Å². The molecule has 0 aromatic heterocycles. The van der Waals surface area contributed by atoms with Crippen molar-refractivity contribution < 1.29 is 24.2 Å². The number of hydrogen-bond acceptors (Lipinski definition) is 5. The minimum Gasteiger partial charge on any atom is -0.489 e. The number of carboxylic acid groups (broad SMARTS) is 1. The number of hydrogen-bond donors (Lipinski definition) is 1. The molecular weight excluding hydrogens is 354 g/mol. The van der Waals surface area contributed by atoms with Crippen molar-refractivity contribution in [2.75, 3.05) is 6.54 Å². The van der Waals surface area contributed by atoms with E-state index in [9.17, 15) is 14.4 Å². The van der Waals surface area contributed by atoms with Crippen LogP contribution in [0.4, 0.5) is 4.79 Å². The molecule has 6 nitrogen and oxygen atoms in total. The fourth-order valence-electron chi connectivity index (χ4n) is 2.32. The zero-order valence-electron chi connectivity index (χ0n) is 13.6. The van der Waals surface area contributed by atoms with Gasteiger partial charge in [0, 0.05) is 0 Å². The maximum Gasteiger partial charge on any atom is 0.323 e. The van der Waals surface area contributed by atoms with Crippen molar-refractivity contribution in [1.29, 1.82) is 0 Å². The lowest BCUT2D eigenvalue weighted by atomic mass is 10.2. The first-order valence-electron chi connectivity index (χ1n) is 7.77. The van der Waals surface area contributed by atoms with Gasteiger partial charge in [0.15, 0.2) is 0 Å². The number of imide groups is 1. The quantitative estimate of drug-likeness (QED) is 0.786. The van der Waals surface area contributed by atoms with Crippen molar-refractivity contribution in [2.24, 2.45) is 0 Å². The third-order valence-corrected chi connectivity index (χ3v) is 4.50. The number of carbonyl (C=O) groups is 3. The molecule has 1 saturated heterocycles. The van der Waals surface area contributed by atoms with Gasteiger partial charge in [0.05, 0.1) is 4.91 Å². The molecule has 7 heteroatoms. The molecule has 2 aromatic carbocycles. The Bertz CT molecular complexity index is 861. The number of thioether (sulfide) groups is 1. The van der Waals surface area contributed by atoms with Gasteiger partial charge >= 0.3 is 5.97 Å². The van der Waals surface area contributed by atoms with E-state index in [4.69, 9.17) is 9.84 Å². The molecule has 3 rings (SSSR count). The zero-order valence-corrected chi connectivity index (χ0v) is 14.4. The number of amides is 2. The van der Waals surface area contributed by atoms with Crippen LogP contribution in [0, 0.1) is 0 Å². The van der Waals surface area contributed by atoms with Gasteiger partial charge in [-0.25, -0.2) is 0 Å². The number of aliphatic carboxylic acids is 1. The van der Waals surface area contributed by atoms with E-state index in [-0.39, 0.29) is 4.91 Å². The minimum atomic E-state index is -1.23. The second kappa shape index (κ2) is 7.88. The fourth-order valence-corrected chi connectivity index (χ4v) is 3.16. The molecule has 1 fully saturated rings. The van der Waals surface area contributed by atoms with Crippen molar-refractivity contribution >= 4 is 35.0 Å². The summed E-state index contributed by atoms with van der Waals surface area (Å²) in [5, 5.41) is 8.18. The largest absolute Gasteiger partial charge is 0.489 e. The minimum absolute atomic E-state index is 0.203. The summed E-state index contributed by atoms with van der Waals surface area (Å²) in [6, 6.07) is 16.9. The summed E-state index contributed by atoms with van der Waals surface area (Å²) in [6.07, 6.45) is 1.56. The Morgan fingerprint density at radius 2 is 1.77 bits per heavy atom. The summed E-state index contributed by atoms with van der Waals surface area (Å²) in [6.45, 7) is -0.178. The average molecular weight is 369 g/mol. The van der Waals surface area contributed by atoms with E-state index < -0.39 is 23.7 Å². The summed E-state index contributed by atoms with van der Waals surface area (Å²) >= 11 is 0.734. The van der Waals surface area contributed by atoms with Crippen LogP contribution in [-0.2, 0) is 16.2 Å². The predicted octanol–water partition coefficient (Wildman–Crippen LogP) is 3.39. The number of carboxylic acids is 1. The molecule has 0 aliphatic carbocycles. The highest BCUT2D eigenvalue weighted by atomic mass is 32.2. The third-order valence-electron chi connectivity index (χ3n) is 3.59. The van der Waals surface area contributed by atoms with Gasteiger partial charge < -0.3 is 9.84 Å². The summed E-state index contributed by atoms with van der Waals surface area (Å²) in [5.41, 5.74) is 1.78. The van der Waals surface area contributed by atoms with Gasteiger partial charge in [0.25, 0.3) is 11.1 Å². The van der Waals surface area contributed by atoms with E-state index in [0.29, 0.717) is 12.4 Å². The molecule has 2 amide bonds. The van der Waals surface area contributed by atoms with E-state index in [2.05, 4.69) is 0 Å². The van der Waals surface area contributed by atoms with Crippen LogP contribution in [0.3, 0.4) is 0 Å². The Morgan fingerprint density at radius 1 is 1.08 bits per heavy atom. The Morgan fingerprint density at radius 3 is 2.42 bits per heavy atom. The molecule has 1 aliphatic rings. The summed E-state index contributed by atoms with van der Waals surface area (Å²) < 4.78 is 5.70. The van der Waals surface area contributed by atoms with Crippen LogP contribution in [0.15, 0.2) is 59.5 Å². The molecular formula is C19H15NO5S. The van der Waals surface area contributed by atoms with Gasteiger partial charge in [-0.3, -0.25) is 19.3 Å². The van der Waals surface area contributed by atoms with Gasteiger partial charge in [-0.1, -0.05) is 42.5 Å². The molecule has 1 N–H and O–H groups in total. The molecule has 0 unspecified atom stereocenters. The predicted molar refractivity (Wildman–Crippen MR) is 97.5 cm³/mol. The molecule has 1 heterocycles. The molecule has 132 valence electrons. The molecule has 26 heavy (non-hydrogen) atoms. The first-order valence-corrected chi connectivity index (χ1v) is 8.58. The second-order valence-electron chi connectivity index (χ2n) is 5.50. The maximum atomic E-state index is 12.1. The monoisotopic (exact) mass is 369 g/mol. The zero-order chi connectivity index (χ0) is 18.5. The second-order valence-corrected chi connectivity index (χ2v) is 6.50. The Labute approximate surface area is 154 Å². The molecule has 1 aliphatic heterocycles. The Balaban J connectivity index is 1.65. The number of carbonyl (C=O) groups excluding carboxylic acids is 2. The summed E-state index contributed by atoms with van der Waals surface area (Å²) in [7, 11) is 0. The molecule has 0 radical (unpaired) electrons. The average Bonchev–Trinajstić information content (AvgIpc) is 2.89. The molecule has 0 saturated carbocycles. The van der Waals surface area contributed by atoms with Crippen LogP contribution < -0.4 is 4.74 Å². The first kappa shape index (κ1) is 17.8. The van der Waals surface area contributed by atoms with E-state index in [1.165, 1.54) is 0 Å². The number of benzene rings is 2. The van der Waals surface area contributed by atoms with Crippen LogP contribution in [0.25, 0.3) is 6.08 Å². The van der Waals surface area contributed by atoms with Crippen molar-refractivity contribution in [1.82, 2.24) is 4.90 Å². The Hall–Kier alpha value is -3.06. The van der Waals surface area contributed by atoms with Crippen LogP contribution in [0.5, 0.6) is 5.75 Å². The van der Waals surface area contributed by atoms with Crippen LogP contribution in [0.2, 0.25) is 0 Å². The van der Waals surface area contributed by atoms with Gasteiger partial charge in [-0.2, -0.15) is 0 Å². The normalized spacial score (nSPS) is 15.5. The SMILES string of the molecule is O=C(O)CN1C(=O)S/C(=C/c2ccc(OCc3ccccc3)cc2)C1=O. The van der Waals surface area contributed by atoms with Gasteiger partial charge in [-0.05, 0) is 41.1 Å². The lowest BCUT2D eigenvalue weighted by Gasteiger charge is -2.08. The maximum absolute atomic E-state index is 12.1. The van der Waals surface area contributed by atoms with Crippen LogP contribution in [0.1, 0.15) is 11.1 Å². The van der Waals surface area contributed by atoms with Gasteiger partial charge in [-0.15, -0.1) is 0 Å². The highest BCUT2D eigenvalue weighted by molar-refractivity contribution is 8.18. The molecule has 0 bridgehead atoms. The first-order chi connectivity index (χ1) is 12.5. The summed E-state index contributed by atoms with van der Waals surface area (Å²) in [4.78, 5) is 35.5. The van der Waals surface area contributed by atoms with Crippen molar-refractivity contribution in [3.8, 4) is 5.75 Å². The number of ether oxygens (including phenoxy) is 1. The highest BCUT2D eigenvalue weighted by Gasteiger charge is 2.36. The van der Waals surface area contributed by atoms with Gasteiger partial charge in [0.2, 0.25) is 0 Å². The molecule has 0 atom stereocenters. The van der Waals surface area contributed by atoms with E-state index in [1.807, 2.05) is 30.3 Å². The lowest BCUT2D eigenvalue weighted by molar-refractivity contribution is -0.140. The Kier molecular flexibility index (Phi) is 5.38. The number of rotatable bonds is 6. The van der Waals surface area contributed by atoms with E-state index in [0.717, 1.165) is 27.8 Å². The summed E-state index contributed by atoms with van der Waals surface area (Å²) in [5.74, 6) is -1.13. The standard InChI is InChI=1S/C19H15NO5S/c21-17(22)11-20-18(23)16(26-19(20)24)10-13-6-8-15(9-7-13)25-12-14-4-2-1-3-5-14/h1-10H,11-12H2,(H,21,22)/b16-10+. The molecule has 0 spiro atoms. The van der Waals surface area contributed by atoms with Crippen molar-refractivity contribution in [3.63, 3.8) is 0 Å². The van der Waals surface area contributed by atoms with E-state index in [1.54, 1.807) is 30.3 Å². The fraction of sp³-hybridized carbons (Fsp3) is 0.105. The van der Waals surface area contributed by atoms with Crippen LogP contribution in [-0.4, -0.2) is 33.7 Å². The number of nitrogens with zero attached hydrogens (tertiary/aromatic N) is 1. The third kappa shape index (κ3) is 4.31. The smallest absolute Gasteiger partial charge is 0.323 e.